The van der Waals surface area contributed by atoms with E-state index in [1.165, 1.54) is 0 Å². The molecule has 0 radical (unpaired) electrons. The van der Waals surface area contributed by atoms with Gasteiger partial charge >= 0.3 is 40.6 Å². The van der Waals surface area contributed by atoms with Crippen LogP contribution in [-0.4, -0.2) is 115 Å². The largest absolute Gasteiger partial charge is 0.460 e. The summed E-state index contributed by atoms with van der Waals surface area (Å²) in [5.74, 6) is -14.7. The van der Waals surface area contributed by atoms with Crippen molar-refractivity contribution in [3.8, 4) is 22.9 Å². The third kappa shape index (κ3) is 11.4. The summed E-state index contributed by atoms with van der Waals surface area (Å²) in [7, 11) is -19.1. The summed E-state index contributed by atoms with van der Waals surface area (Å²) in [6.07, 6.45) is -14.5. The maximum absolute atomic E-state index is 15.1. The van der Waals surface area contributed by atoms with Crippen LogP contribution in [0.5, 0.6) is 0 Å². The Bertz CT molecular complexity index is 3220. The molecule has 0 amide bonds. The van der Waals surface area contributed by atoms with Crippen molar-refractivity contribution in [2.45, 2.75) is 156 Å². The fourth-order valence-corrected chi connectivity index (χ4v) is 21.4. The van der Waals surface area contributed by atoms with E-state index in [1.54, 1.807) is 24.3 Å². The lowest BCUT2D eigenvalue weighted by Gasteiger charge is -2.38. The average Bonchev–Trinajstić information content (AvgIpc) is 1.71. The fraction of sp³-hybridized carbons (Fsp3) is 0.527. The lowest BCUT2D eigenvalue weighted by molar-refractivity contribution is -0.382. The number of alkyl halides is 17. The Morgan fingerprint density at radius 3 is 0.951 bits per heavy atom. The molecule has 0 aliphatic carbocycles. The number of fused-ring (bicyclic) bond motifs is 4. The molecule has 0 aliphatic rings. The summed E-state index contributed by atoms with van der Waals surface area (Å²) >= 11 is 0. The highest BCUT2D eigenvalue weighted by Crippen LogP contribution is 2.56. The quantitative estimate of drug-likeness (QED) is 0.0337. The second-order valence-corrected chi connectivity index (χ2v) is 36.5. The van der Waals surface area contributed by atoms with Crippen LogP contribution in [0, 0.1) is 22.9 Å². The summed E-state index contributed by atoms with van der Waals surface area (Å²) in [5.41, 5.74) is 0.927. The highest BCUT2D eigenvalue weighted by atomic mass is 32.2. The van der Waals surface area contributed by atoms with Crippen LogP contribution in [0.2, 0.25) is 34.3 Å². The third-order valence-electron chi connectivity index (χ3n) is 16.0. The van der Waals surface area contributed by atoms with Gasteiger partial charge in [0, 0.05) is 38.3 Å². The molecule has 6 nitrogen and oxygen atoms in total. The number of sulfonamides is 2. The van der Waals surface area contributed by atoms with Crippen molar-refractivity contribution in [3.63, 3.8) is 0 Å². The molecule has 5 rings (SSSR count). The van der Waals surface area contributed by atoms with Crippen LogP contribution in [0.25, 0.3) is 43.1 Å². The maximum atomic E-state index is 15.1. The van der Waals surface area contributed by atoms with Crippen molar-refractivity contribution in [1.29, 1.82) is 0 Å². The summed E-state index contributed by atoms with van der Waals surface area (Å²) < 4.78 is 290. The van der Waals surface area contributed by atoms with Gasteiger partial charge in [-0.1, -0.05) is 116 Å². The van der Waals surface area contributed by atoms with Gasteiger partial charge in [-0.2, -0.15) is 78.9 Å². The molecule has 0 saturated carbocycles. The number of rotatable bonds is 20. The van der Waals surface area contributed by atoms with E-state index in [4.69, 9.17) is 0 Å². The predicted octanol–water partition coefficient (Wildman–Crippen LogP) is 16.9. The van der Waals surface area contributed by atoms with E-state index in [0.717, 1.165) is 21.5 Å². The summed E-state index contributed by atoms with van der Waals surface area (Å²) in [6, 6.07) is 22.1. The van der Waals surface area contributed by atoms with Crippen LogP contribution >= 0.6 is 0 Å². The van der Waals surface area contributed by atoms with Gasteiger partial charge in [-0.3, -0.25) is 0 Å². The molecule has 82 heavy (non-hydrogen) atoms. The molecule has 0 saturated heterocycles. The van der Waals surface area contributed by atoms with E-state index in [2.05, 4.69) is 22.9 Å². The second-order valence-electron chi connectivity index (χ2n) is 22.1. The van der Waals surface area contributed by atoms with Gasteiger partial charge in [0.25, 0.3) is 25.7 Å². The molecule has 0 heterocycles. The number of halogens is 17. The zero-order chi connectivity index (χ0) is 62.8. The molecule has 1 unspecified atom stereocenters. The average molecular weight is 1260 g/mol. The smallest absolute Gasteiger partial charge is 0.227 e. The Morgan fingerprint density at radius 2 is 0.707 bits per heavy atom. The molecular formula is C55H61F17N2O4S2Si2. The van der Waals surface area contributed by atoms with Crippen LogP contribution < -0.4 is 0 Å². The Kier molecular flexibility index (Phi) is 19.1. The van der Waals surface area contributed by atoms with Crippen LogP contribution in [0.15, 0.2) is 72.8 Å². The maximum Gasteiger partial charge on any atom is 0.460 e. The minimum absolute atomic E-state index is 0.00991. The standard InChI is InChI=1S/C55H61F17N2O4S2Si2/c1-34(2)81(35(3)4,26-16-24-73(10)79(75,76)54(69,70)49(57,58)48(9,56)52(63,64)65)28-22-42-44-30-38-18-12-14-20-40(38)32-46(44)43(47-33-41-21-15-13-19-39(41)31-45(42)47)23-29-82(36(5)6,37(7)8)27-17-25-74(11)80(77,78)55(71,72)51(61,62)50(59,60)53(66,67)68/h12-15,18-21,30-37H,16-17,24-27H2,1-11H3. The topological polar surface area (TPSA) is 74.8 Å². The van der Waals surface area contributed by atoms with Crippen molar-refractivity contribution in [2.75, 3.05) is 27.2 Å². The number of benzene rings is 5. The molecule has 27 heteroatoms. The summed E-state index contributed by atoms with van der Waals surface area (Å²) in [6.45, 7) is 11.8. The molecule has 454 valence electrons. The number of nitrogens with zero attached hydrogens (tertiary/aromatic N) is 2. The zero-order valence-electron chi connectivity index (χ0n) is 46.2. The lowest BCUT2D eigenvalue weighted by atomic mass is 9.89. The summed E-state index contributed by atoms with van der Waals surface area (Å²) in [5, 5.41) is -8.18. The van der Waals surface area contributed by atoms with E-state index in [-0.39, 0.29) is 55.7 Å². The van der Waals surface area contributed by atoms with Gasteiger partial charge in [0.1, 0.15) is 16.1 Å². The van der Waals surface area contributed by atoms with E-state index in [9.17, 15) is 82.7 Å². The molecule has 0 aliphatic heterocycles. The van der Waals surface area contributed by atoms with Gasteiger partial charge in [-0.05, 0) is 121 Å². The molecule has 0 bridgehead atoms. The Morgan fingerprint density at radius 1 is 0.439 bits per heavy atom. The Balaban J connectivity index is 1.69. The number of hydrogen-bond acceptors (Lipinski definition) is 4. The molecule has 0 N–H and O–H groups in total. The first-order chi connectivity index (χ1) is 37.1. The van der Waals surface area contributed by atoms with Gasteiger partial charge in [-0.25, -0.2) is 21.2 Å². The van der Waals surface area contributed by atoms with Gasteiger partial charge in [-0.15, -0.1) is 11.1 Å². The lowest BCUT2D eigenvalue weighted by Crippen LogP contribution is -2.65. The zero-order valence-corrected chi connectivity index (χ0v) is 49.9. The van der Waals surface area contributed by atoms with Gasteiger partial charge in [0.2, 0.25) is 0 Å². The van der Waals surface area contributed by atoms with Crippen LogP contribution in [0.4, 0.5) is 74.6 Å². The first kappa shape index (κ1) is 68.1. The highest BCUT2D eigenvalue weighted by molar-refractivity contribution is 7.90. The van der Waals surface area contributed by atoms with Crippen molar-refractivity contribution in [3.05, 3.63) is 83.9 Å². The minimum Gasteiger partial charge on any atom is -0.227 e. The van der Waals surface area contributed by atoms with Gasteiger partial charge < -0.3 is 0 Å². The van der Waals surface area contributed by atoms with Gasteiger partial charge in [0.15, 0.2) is 0 Å². The molecular weight excluding hydrogens is 1200 g/mol. The van der Waals surface area contributed by atoms with Crippen molar-refractivity contribution < 1.29 is 91.5 Å². The molecule has 1 atom stereocenters. The monoisotopic (exact) mass is 1260 g/mol. The van der Waals surface area contributed by atoms with Crippen LogP contribution in [-0.2, 0) is 20.0 Å². The Hall–Kier alpha value is -4.68. The molecule has 0 spiro atoms. The second kappa shape index (κ2) is 23.0. The fourth-order valence-electron chi connectivity index (χ4n) is 10.4. The van der Waals surface area contributed by atoms with Crippen molar-refractivity contribution in [1.82, 2.24) is 8.61 Å². The van der Waals surface area contributed by atoms with E-state index in [0.29, 0.717) is 46.8 Å². The third-order valence-corrected chi connectivity index (χ3v) is 31.6. The van der Waals surface area contributed by atoms with E-state index < -0.39 is 103 Å². The van der Waals surface area contributed by atoms with Gasteiger partial charge in [0.05, 0.1) is 0 Å². The predicted molar refractivity (Wildman–Crippen MR) is 290 cm³/mol. The molecule has 5 aromatic carbocycles. The first-order valence-electron chi connectivity index (χ1n) is 25.6. The SMILES string of the molecule is CC(C)[Si](C#Cc1c2cc3ccccc3cc2c(C#C[Si](CCCN(C)S(=O)(=O)C(F)(F)C(F)(F)C(F)(F)C(F)(F)F)(C(C)C)C(C)C)c2cc3ccccc3cc12)(CCCN(C)S(=O)(=O)C(F)(F)C(F)(F)C(C)(F)C(F)(F)F)C(C)C. The van der Waals surface area contributed by atoms with Crippen LogP contribution in [0.3, 0.4) is 0 Å². The molecule has 0 aromatic heterocycles. The highest BCUT2D eigenvalue weighted by Gasteiger charge is 2.86. The molecule has 5 aromatic rings. The van der Waals surface area contributed by atoms with E-state index in [1.807, 2.05) is 104 Å². The normalized spacial score (nSPS) is 15.1. The Labute approximate surface area is 467 Å². The van der Waals surface area contributed by atoms with E-state index >= 15 is 8.78 Å². The minimum atomic E-state index is -7.44. The summed E-state index contributed by atoms with van der Waals surface area (Å²) in [4.78, 5) is 0. The molecule has 0 fully saturated rings. The number of hydrogen-bond donors (Lipinski definition) is 0. The first-order valence-corrected chi connectivity index (χ1v) is 33.2. The van der Waals surface area contributed by atoms with Crippen molar-refractivity contribution >= 4 is 79.3 Å². The van der Waals surface area contributed by atoms with Crippen LogP contribution in [0.1, 0.15) is 86.3 Å². The van der Waals surface area contributed by atoms with Crippen molar-refractivity contribution in [2.24, 2.45) is 0 Å².